The van der Waals surface area contributed by atoms with E-state index in [2.05, 4.69) is 86.8 Å². The number of carbonyl (C=O) groups is 3. The molecule has 0 aromatic heterocycles. The van der Waals surface area contributed by atoms with Gasteiger partial charge in [0, 0.05) is 19.3 Å². The molecule has 0 aliphatic heterocycles. The summed E-state index contributed by atoms with van der Waals surface area (Å²) in [5.74, 6) is -1.80. The molecule has 0 saturated heterocycles. The van der Waals surface area contributed by atoms with E-state index in [4.69, 9.17) is 14.2 Å². The Labute approximate surface area is 342 Å². The van der Waals surface area contributed by atoms with Crippen molar-refractivity contribution in [2.24, 2.45) is 0 Å². The predicted molar refractivity (Wildman–Crippen MR) is 231 cm³/mol. The Bertz CT molecular complexity index is 1140. The van der Waals surface area contributed by atoms with Crippen LogP contribution < -0.4 is 5.11 Å². The Balaban J connectivity index is 4.44. The highest BCUT2D eigenvalue weighted by atomic mass is 16.6. The Morgan fingerprint density at radius 2 is 1.00 bits per heavy atom. The zero-order valence-electron chi connectivity index (χ0n) is 36.3. The highest BCUT2D eigenvalue weighted by Gasteiger charge is 2.25. The van der Waals surface area contributed by atoms with Gasteiger partial charge in [-0.25, -0.2) is 0 Å². The number of hydrogen-bond acceptors (Lipinski definition) is 7. The van der Waals surface area contributed by atoms with Crippen molar-refractivity contribution in [1.29, 1.82) is 0 Å². The minimum Gasteiger partial charge on any atom is -0.544 e. The second-order valence-corrected chi connectivity index (χ2v) is 15.5. The number of nitrogens with zero attached hydrogens (tertiary/aromatic N) is 1. The Morgan fingerprint density at radius 3 is 1.52 bits per heavy atom. The van der Waals surface area contributed by atoms with Crippen molar-refractivity contribution in [1.82, 2.24) is 0 Å². The molecule has 0 fully saturated rings. The summed E-state index contributed by atoms with van der Waals surface area (Å²) in [5.41, 5.74) is 0. The molecular formula is C48H81NO7. The van der Waals surface area contributed by atoms with Gasteiger partial charge in [-0.1, -0.05) is 132 Å². The predicted octanol–water partition coefficient (Wildman–Crippen LogP) is 10.6. The van der Waals surface area contributed by atoms with E-state index in [1.807, 2.05) is 0 Å². The maximum absolute atomic E-state index is 12.7. The fourth-order valence-corrected chi connectivity index (χ4v) is 5.91. The average molecular weight is 784 g/mol. The van der Waals surface area contributed by atoms with Gasteiger partial charge in [-0.2, -0.15) is 0 Å². The van der Waals surface area contributed by atoms with Crippen molar-refractivity contribution in [3.8, 4) is 0 Å². The average Bonchev–Trinajstić information content (AvgIpc) is 3.15. The molecule has 0 saturated carbocycles. The quantitative estimate of drug-likeness (QED) is 0.0266. The van der Waals surface area contributed by atoms with Gasteiger partial charge in [0.05, 0.1) is 40.3 Å². The molecule has 8 nitrogen and oxygen atoms in total. The molecule has 0 rings (SSSR count). The van der Waals surface area contributed by atoms with E-state index in [0.29, 0.717) is 12.8 Å². The number of esters is 2. The number of quaternary nitrogens is 1. The van der Waals surface area contributed by atoms with Crippen molar-refractivity contribution in [2.45, 2.75) is 174 Å². The zero-order valence-corrected chi connectivity index (χ0v) is 36.3. The molecule has 0 amide bonds. The normalized spacial score (nSPS) is 13.7. The molecule has 2 unspecified atom stereocenters. The lowest BCUT2D eigenvalue weighted by atomic mass is 10.1. The fraction of sp³-hybridized carbons (Fsp3) is 0.688. The Morgan fingerprint density at radius 1 is 0.554 bits per heavy atom. The summed E-state index contributed by atoms with van der Waals surface area (Å²) in [6.07, 6.45) is 47.8. The van der Waals surface area contributed by atoms with Crippen molar-refractivity contribution in [3.63, 3.8) is 0 Å². The number of rotatable bonds is 38. The van der Waals surface area contributed by atoms with Gasteiger partial charge < -0.3 is 28.6 Å². The van der Waals surface area contributed by atoms with Crippen LogP contribution in [-0.2, 0) is 28.6 Å². The molecule has 0 bridgehead atoms. The summed E-state index contributed by atoms with van der Waals surface area (Å²) in [5, 5.41) is 11.6. The SMILES string of the molecule is CC/C=C\C/C=C\C/C=C\C/C=C\C/C=C\CCCCCC(=O)OC(COCCC(C(=O)[O-])[N+](C)(C)C)COC(=O)CCCCCCC/C=C\CCCCCC. The fourth-order valence-electron chi connectivity index (χ4n) is 5.91. The first-order chi connectivity index (χ1) is 27.1. The third-order valence-electron chi connectivity index (χ3n) is 9.33. The molecular weight excluding hydrogens is 703 g/mol. The maximum atomic E-state index is 12.7. The number of carboxylic acid groups (broad SMARTS) is 1. The van der Waals surface area contributed by atoms with E-state index in [9.17, 15) is 19.5 Å². The molecule has 2 atom stereocenters. The molecule has 0 N–H and O–H groups in total. The number of unbranched alkanes of at least 4 members (excludes halogenated alkanes) is 12. The molecule has 0 heterocycles. The van der Waals surface area contributed by atoms with Gasteiger partial charge in [0.2, 0.25) is 0 Å². The second kappa shape index (κ2) is 38.6. The lowest BCUT2D eigenvalue weighted by molar-refractivity contribution is -0.889. The van der Waals surface area contributed by atoms with E-state index in [0.717, 1.165) is 83.5 Å². The molecule has 0 radical (unpaired) electrons. The summed E-state index contributed by atoms with van der Waals surface area (Å²) in [6.45, 7) is 4.47. The zero-order chi connectivity index (χ0) is 41.4. The summed E-state index contributed by atoms with van der Waals surface area (Å²) >= 11 is 0. The standard InChI is InChI=1S/C48H81NO7/c1-6-8-10-12-14-16-18-20-21-22-23-24-25-27-29-31-33-35-37-39-47(51)56-44(42-54-41-40-45(48(52)53)49(3,4)5)43-55-46(50)38-36-34-32-30-28-26-19-17-15-13-11-9-7-2/h8,10,14,16-17,19-21,23-24,27,29,44-45H,6-7,9,11-13,15,18,22,25-26,28,30-43H2,1-5H3/b10-8-,16-14-,19-17-,21-20-,24-23-,29-27-. The van der Waals surface area contributed by atoms with Crippen molar-refractivity contribution in [2.75, 3.05) is 41.0 Å². The molecule has 0 aromatic carbocycles. The Kier molecular flexibility index (Phi) is 36.4. The van der Waals surface area contributed by atoms with Crippen LogP contribution in [-0.4, -0.2) is 75.5 Å². The summed E-state index contributed by atoms with van der Waals surface area (Å²) in [6, 6.07) is -0.736. The van der Waals surface area contributed by atoms with Gasteiger partial charge in [0.1, 0.15) is 12.6 Å². The molecule has 320 valence electrons. The molecule has 0 aromatic rings. The first-order valence-electron chi connectivity index (χ1n) is 22.0. The van der Waals surface area contributed by atoms with Crippen LogP contribution in [0.3, 0.4) is 0 Å². The molecule has 0 aliphatic rings. The first-order valence-corrected chi connectivity index (χ1v) is 22.0. The topological polar surface area (TPSA) is 102 Å². The number of carboxylic acids is 1. The molecule has 0 aliphatic carbocycles. The number of allylic oxidation sites excluding steroid dienone is 12. The van der Waals surface area contributed by atoms with Crippen LogP contribution in [0.5, 0.6) is 0 Å². The summed E-state index contributed by atoms with van der Waals surface area (Å²) in [7, 11) is 5.38. The largest absolute Gasteiger partial charge is 0.544 e. The van der Waals surface area contributed by atoms with Crippen LogP contribution >= 0.6 is 0 Å². The highest BCUT2D eigenvalue weighted by Crippen LogP contribution is 2.12. The van der Waals surface area contributed by atoms with Crippen molar-refractivity contribution >= 4 is 17.9 Å². The first kappa shape index (κ1) is 52.8. The third kappa shape index (κ3) is 36.4. The van der Waals surface area contributed by atoms with Crippen molar-refractivity contribution in [3.05, 3.63) is 72.9 Å². The number of aliphatic carboxylic acids is 1. The molecule has 56 heavy (non-hydrogen) atoms. The van der Waals surface area contributed by atoms with Crippen LogP contribution in [0.2, 0.25) is 0 Å². The van der Waals surface area contributed by atoms with E-state index in [1.54, 1.807) is 21.1 Å². The number of carbonyl (C=O) groups excluding carboxylic acids is 3. The third-order valence-corrected chi connectivity index (χ3v) is 9.33. The van der Waals surface area contributed by atoms with Crippen LogP contribution in [0.25, 0.3) is 0 Å². The molecule has 8 heteroatoms. The summed E-state index contributed by atoms with van der Waals surface area (Å²) < 4.78 is 17.1. The van der Waals surface area contributed by atoms with E-state index >= 15 is 0 Å². The maximum Gasteiger partial charge on any atom is 0.306 e. The number of likely N-dealkylation sites (N-methyl/N-ethyl adjacent to an activating group) is 1. The van der Waals surface area contributed by atoms with Crippen LogP contribution in [0.15, 0.2) is 72.9 Å². The van der Waals surface area contributed by atoms with Gasteiger partial charge >= 0.3 is 11.9 Å². The van der Waals surface area contributed by atoms with E-state index < -0.39 is 18.1 Å². The van der Waals surface area contributed by atoms with Gasteiger partial charge in [-0.05, 0) is 83.5 Å². The van der Waals surface area contributed by atoms with Gasteiger partial charge in [-0.15, -0.1) is 0 Å². The van der Waals surface area contributed by atoms with E-state index in [-0.39, 0.29) is 49.1 Å². The van der Waals surface area contributed by atoms with Crippen LogP contribution in [0, 0.1) is 0 Å². The van der Waals surface area contributed by atoms with Gasteiger partial charge in [0.15, 0.2) is 6.10 Å². The van der Waals surface area contributed by atoms with Crippen LogP contribution in [0.4, 0.5) is 0 Å². The highest BCUT2D eigenvalue weighted by molar-refractivity contribution is 5.70. The van der Waals surface area contributed by atoms with Gasteiger partial charge in [-0.3, -0.25) is 9.59 Å². The lowest BCUT2D eigenvalue weighted by Crippen LogP contribution is -2.55. The smallest absolute Gasteiger partial charge is 0.306 e. The molecule has 0 spiro atoms. The minimum atomic E-state index is -1.13. The van der Waals surface area contributed by atoms with Gasteiger partial charge in [0.25, 0.3) is 0 Å². The van der Waals surface area contributed by atoms with Crippen molar-refractivity contribution < 1.29 is 38.2 Å². The van der Waals surface area contributed by atoms with Crippen LogP contribution in [0.1, 0.15) is 162 Å². The summed E-state index contributed by atoms with van der Waals surface area (Å²) in [4.78, 5) is 36.8. The van der Waals surface area contributed by atoms with E-state index in [1.165, 1.54) is 38.5 Å². The lowest BCUT2D eigenvalue weighted by Gasteiger charge is -2.34. The second-order valence-electron chi connectivity index (χ2n) is 15.5. The minimum absolute atomic E-state index is 0.0210. The number of hydrogen-bond donors (Lipinski definition) is 0. The number of ether oxygens (including phenoxy) is 3. The Hall–Kier alpha value is -3.23. The monoisotopic (exact) mass is 784 g/mol.